The topological polar surface area (TPSA) is 101 Å². The van der Waals surface area contributed by atoms with Crippen molar-refractivity contribution in [2.75, 3.05) is 0 Å². The van der Waals surface area contributed by atoms with Gasteiger partial charge in [0.1, 0.15) is 17.6 Å². The van der Waals surface area contributed by atoms with Crippen LogP contribution in [-0.4, -0.2) is 40.2 Å². The molecule has 0 spiro atoms. The summed E-state index contributed by atoms with van der Waals surface area (Å²) in [6, 6.07) is 5.18. The van der Waals surface area contributed by atoms with Crippen LogP contribution in [0.5, 0.6) is 0 Å². The quantitative estimate of drug-likeness (QED) is 0.603. The summed E-state index contributed by atoms with van der Waals surface area (Å²) in [6.45, 7) is 3.85. The third-order valence-corrected chi connectivity index (χ3v) is 7.36. The van der Waals surface area contributed by atoms with Crippen LogP contribution in [-0.2, 0) is 45.0 Å². The van der Waals surface area contributed by atoms with Crippen LogP contribution in [0.15, 0.2) is 23.6 Å². The molecule has 7 nitrogen and oxygen atoms in total. The monoisotopic (exact) mass is 466 g/mol. The maximum atomic E-state index is 12.8. The molecule has 0 radical (unpaired) electrons. The second-order valence-corrected chi connectivity index (χ2v) is 9.77. The molecule has 1 fully saturated rings. The molecule has 1 unspecified atom stereocenters. The minimum absolute atomic E-state index is 0.0917. The molecule has 1 N–H and O–H groups in total. The van der Waals surface area contributed by atoms with E-state index in [2.05, 4.69) is 5.32 Å². The lowest BCUT2D eigenvalue weighted by atomic mass is 9.97. The molecule has 0 saturated carbocycles. The lowest BCUT2D eigenvalue weighted by Crippen LogP contribution is -2.52. The Kier molecular flexibility index (Phi) is 6.56. The lowest BCUT2D eigenvalue weighted by Gasteiger charge is -2.29. The van der Waals surface area contributed by atoms with Gasteiger partial charge in [0.2, 0.25) is 11.8 Å². The zero-order valence-corrected chi connectivity index (χ0v) is 19.5. The van der Waals surface area contributed by atoms with E-state index in [0.29, 0.717) is 44.2 Å². The van der Waals surface area contributed by atoms with Gasteiger partial charge >= 0.3 is 0 Å². The molecule has 2 aromatic rings. The Bertz CT molecular complexity index is 1170. The predicted octanol–water partition coefficient (Wildman–Crippen LogP) is 2.69. The van der Waals surface area contributed by atoms with Gasteiger partial charge in [0.15, 0.2) is 0 Å². The number of imide groups is 1. The summed E-state index contributed by atoms with van der Waals surface area (Å²) in [7, 11) is 0. The van der Waals surface area contributed by atoms with Crippen LogP contribution in [0.2, 0.25) is 0 Å². The average Bonchev–Trinajstić information content (AvgIpc) is 3.29. The van der Waals surface area contributed by atoms with E-state index >= 15 is 0 Å². The first-order valence-electron chi connectivity index (χ1n) is 11.1. The van der Waals surface area contributed by atoms with Crippen molar-refractivity contribution < 1.29 is 24.0 Å². The number of thiophene rings is 1. The van der Waals surface area contributed by atoms with E-state index in [-0.39, 0.29) is 29.8 Å². The van der Waals surface area contributed by atoms with Crippen LogP contribution in [0.1, 0.15) is 63.7 Å². The molecule has 172 valence electrons. The van der Waals surface area contributed by atoms with E-state index < -0.39 is 11.9 Å². The molecule has 1 aromatic carbocycles. The van der Waals surface area contributed by atoms with Crippen molar-refractivity contribution in [2.24, 2.45) is 0 Å². The summed E-state index contributed by atoms with van der Waals surface area (Å²) in [5, 5.41) is 4.11. The summed E-state index contributed by atoms with van der Waals surface area (Å²) in [6.07, 6.45) is 2.13. The highest BCUT2D eigenvalue weighted by Crippen LogP contribution is 2.34. The highest BCUT2D eigenvalue weighted by atomic mass is 32.1. The smallest absolute Gasteiger partial charge is 0.256 e. The van der Waals surface area contributed by atoms with Gasteiger partial charge in [-0.3, -0.25) is 29.3 Å². The molecule has 4 rings (SSSR count). The number of rotatable bonds is 8. The van der Waals surface area contributed by atoms with Crippen molar-refractivity contribution in [1.29, 1.82) is 0 Å². The number of ketones is 2. The number of piperidine rings is 1. The maximum Gasteiger partial charge on any atom is 0.256 e. The van der Waals surface area contributed by atoms with Crippen LogP contribution in [0.25, 0.3) is 0 Å². The highest BCUT2D eigenvalue weighted by molar-refractivity contribution is 7.10. The molecule has 33 heavy (non-hydrogen) atoms. The van der Waals surface area contributed by atoms with E-state index in [1.807, 2.05) is 25.1 Å². The molecule has 1 aromatic heterocycles. The molecule has 1 atom stereocenters. The first kappa shape index (κ1) is 23.0. The molecule has 3 amide bonds. The van der Waals surface area contributed by atoms with Gasteiger partial charge in [-0.1, -0.05) is 18.2 Å². The molecule has 1 saturated heterocycles. The van der Waals surface area contributed by atoms with E-state index in [1.54, 1.807) is 12.3 Å². The highest BCUT2D eigenvalue weighted by Gasteiger charge is 2.40. The predicted molar refractivity (Wildman–Crippen MR) is 123 cm³/mol. The number of fused-ring (bicyclic) bond motifs is 1. The summed E-state index contributed by atoms with van der Waals surface area (Å²) in [4.78, 5) is 63.1. The number of carbonyl (C=O) groups is 5. The lowest BCUT2D eigenvalue weighted by molar-refractivity contribution is -0.137. The van der Waals surface area contributed by atoms with Crippen LogP contribution < -0.4 is 5.32 Å². The van der Waals surface area contributed by atoms with Gasteiger partial charge in [-0.25, -0.2) is 0 Å². The second kappa shape index (κ2) is 9.39. The summed E-state index contributed by atoms with van der Waals surface area (Å²) < 4.78 is 0. The normalized spacial score (nSPS) is 17.8. The SMILES string of the molecule is CC(=O)Cc1cc(CC(=O)CCc2scc3c2CN(C2CCC(=O)NC2=O)C3=O)ccc1C. The molecule has 3 heterocycles. The number of carbonyl (C=O) groups excluding carboxylic acids is 5. The third kappa shape index (κ3) is 4.95. The first-order valence-corrected chi connectivity index (χ1v) is 11.9. The van der Waals surface area contributed by atoms with Crippen molar-refractivity contribution in [3.63, 3.8) is 0 Å². The maximum absolute atomic E-state index is 12.8. The van der Waals surface area contributed by atoms with Gasteiger partial charge < -0.3 is 4.90 Å². The van der Waals surface area contributed by atoms with Crippen molar-refractivity contribution in [2.45, 2.75) is 65.0 Å². The average molecular weight is 467 g/mol. The minimum atomic E-state index is -0.632. The fraction of sp³-hybridized carbons (Fsp3) is 0.400. The van der Waals surface area contributed by atoms with Crippen LogP contribution in [0.3, 0.4) is 0 Å². The Balaban J connectivity index is 1.38. The van der Waals surface area contributed by atoms with Crippen LogP contribution >= 0.6 is 11.3 Å². The van der Waals surface area contributed by atoms with Crippen molar-refractivity contribution in [1.82, 2.24) is 10.2 Å². The molecule has 8 heteroatoms. The molecular weight excluding hydrogens is 440 g/mol. The number of nitrogens with one attached hydrogen (secondary N) is 1. The number of aryl methyl sites for hydroxylation is 2. The standard InChI is InChI=1S/C25H26N2O5S/c1-14-3-4-16(10-17(14)9-15(2)28)11-18(29)5-7-22-19-12-27(25(32)20(19)13-33-22)21-6-8-23(30)26-24(21)31/h3-4,10,13,21H,5-9,11-12H2,1-2H3,(H,26,30,31). The molecule has 0 bridgehead atoms. The van der Waals surface area contributed by atoms with Gasteiger partial charge in [-0.15, -0.1) is 11.3 Å². The fourth-order valence-electron chi connectivity index (χ4n) is 4.48. The number of benzene rings is 1. The van der Waals surface area contributed by atoms with E-state index in [1.165, 1.54) is 16.2 Å². The van der Waals surface area contributed by atoms with Gasteiger partial charge in [0, 0.05) is 42.5 Å². The number of amides is 3. The number of Topliss-reactive ketones (excluding diaryl/α,β-unsaturated/α-hetero) is 2. The van der Waals surface area contributed by atoms with Gasteiger partial charge in [-0.2, -0.15) is 0 Å². The zero-order valence-electron chi connectivity index (χ0n) is 18.7. The Morgan fingerprint density at radius 2 is 1.97 bits per heavy atom. The Hall–Kier alpha value is -3.13. The Morgan fingerprint density at radius 3 is 2.70 bits per heavy atom. The van der Waals surface area contributed by atoms with Crippen LogP contribution in [0, 0.1) is 6.92 Å². The molecular formula is C25H26N2O5S. The van der Waals surface area contributed by atoms with Crippen molar-refractivity contribution >= 4 is 40.6 Å². The van der Waals surface area contributed by atoms with E-state index in [4.69, 9.17) is 0 Å². The number of hydrogen-bond donors (Lipinski definition) is 1. The molecule has 2 aliphatic rings. The molecule has 0 aliphatic carbocycles. The Labute approximate surface area is 196 Å². The van der Waals surface area contributed by atoms with E-state index in [9.17, 15) is 24.0 Å². The third-order valence-electron chi connectivity index (χ3n) is 6.27. The summed E-state index contributed by atoms with van der Waals surface area (Å²) >= 11 is 1.47. The fourth-order valence-corrected chi connectivity index (χ4v) is 5.52. The zero-order chi connectivity index (χ0) is 23.7. The van der Waals surface area contributed by atoms with Crippen molar-refractivity contribution in [3.05, 3.63) is 56.3 Å². The summed E-state index contributed by atoms with van der Waals surface area (Å²) in [5.74, 6) is -0.730. The largest absolute Gasteiger partial charge is 0.322 e. The van der Waals surface area contributed by atoms with Gasteiger partial charge in [0.25, 0.3) is 5.91 Å². The molecule has 2 aliphatic heterocycles. The van der Waals surface area contributed by atoms with Crippen molar-refractivity contribution in [3.8, 4) is 0 Å². The second-order valence-electron chi connectivity index (χ2n) is 8.81. The minimum Gasteiger partial charge on any atom is -0.322 e. The van der Waals surface area contributed by atoms with Gasteiger partial charge in [0.05, 0.1) is 5.56 Å². The summed E-state index contributed by atoms with van der Waals surface area (Å²) in [5.41, 5.74) is 4.38. The van der Waals surface area contributed by atoms with Crippen LogP contribution in [0.4, 0.5) is 0 Å². The van der Waals surface area contributed by atoms with E-state index in [0.717, 1.165) is 27.1 Å². The number of nitrogens with zero attached hydrogens (tertiary/aromatic N) is 1. The Morgan fingerprint density at radius 1 is 1.18 bits per heavy atom. The van der Waals surface area contributed by atoms with Gasteiger partial charge in [-0.05, 0) is 48.9 Å². The first-order chi connectivity index (χ1) is 15.7. The number of hydrogen-bond acceptors (Lipinski definition) is 6.